The zero-order valence-corrected chi connectivity index (χ0v) is 12.5. The molecule has 0 amide bonds. The van der Waals surface area contributed by atoms with Crippen molar-refractivity contribution in [2.24, 2.45) is 5.73 Å². The first-order valence-corrected chi connectivity index (χ1v) is 8.23. The molecule has 0 atom stereocenters. The van der Waals surface area contributed by atoms with Gasteiger partial charge in [0.05, 0.1) is 0 Å². The van der Waals surface area contributed by atoms with E-state index in [1.807, 2.05) is 30.3 Å². The molecule has 0 fully saturated rings. The van der Waals surface area contributed by atoms with E-state index in [4.69, 9.17) is 5.73 Å². The number of aromatic nitrogens is 1. The van der Waals surface area contributed by atoms with Crippen molar-refractivity contribution in [1.29, 1.82) is 0 Å². The predicted molar refractivity (Wildman–Crippen MR) is 81.9 cm³/mol. The number of sulfonamides is 1. The fourth-order valence-corrected chi connectivity index (χ4v) is 3.42. The lowest BCUT2D eigenvalue weighted by Gasteiger charge is -2.22. The SMILES string of the molecule is NCCCN(Cc1ccccc1)S(=O)(=O)c1cccnc1. The van der Waals surface area contributed by atoms with Crippen LogP contribution in [0.15, 0.2) is 59.8 Å². The van der Waals surface area contributed by atoms with Crippen LogP contribution in [-0.2, 0) is 16.6 Å². The molecule has 5 nitrogen and oxygen atoms in total. The van der Waals surface area contributed by atoms with Crippen molar-refractivity contribution >= 4 is 10.0 Å². The van der Waals surface area contributed by atoms with Crippen LogP contribution in [0.2, 0.25) is 0 Å². The second kappa shape index (κ2) is 7.31. The standard InChI is InChI=1S/C15H19N3O2S/c16-9-5-11-18(13-14-6-2-1-3-7-14)21(19,20)15-8-4-10-17-12-15/h1-4,6-8,10,12H,5,9,11,13,16H2. The Morgan fingerprint density at radius 3 is 2.48 bits per heavy atom. The van der Waals surface area contributed by atoms with E-state index in [0.717, 1.165) is 5.56 Å². The highest BCUT2D eigenvalue weighted by Crippen LogP contribution is 2.17. The topological polar surface area (TPSA) is 76.3 Å². The molecule has 0 radical (unpaired) electrons. The van der Waals surface area contributed by atoms with Gasteiger partial charge < -0.3 is 5.73 Å². The minimum absolute atomic E-state index is 0.206. The van der Waals surface area contributed by atoms with Gasteiger partial charge >= 0.3 is 0 Å². The van der Waals surface area contributed by atoms with Crippen LogP contribution in [0.5, 0.6) is 0 Å². The van der Waals surface area contributed by atoms with E-state index in [1.165, 1.54) is 10.5 Å². The van der Waals surface area contributed by atoms with Crippen molar-refractivity contribution in [3.63, 3.8) is 0 Å². The summed E-state index contributed by atoms with van der Waals surface area (Å²) in [5.41, 5.74) is 6.46. The first-order chi connectivity index (χ1) is 10.1. The molecular weight excluding hydrogens is 286 g/mol. The van der Waals surface area contributed by atoms with Crippen LogP contribution in [0, 0.1) is 0 Å². The molecule has 2 aromatic rings. The van der Waals surface area contributed by atoms with Gasteiger partial charge in [0.2, 0.25) is 10.0 Å². The maximum absolute atomic E-state index is 12.7. The maximum atomic E-state index is 12.7. The van der Waals surface area contributed by atoms with Crippen LogP contribution in [0.1, 0.15) is 12.0 Å². The molecule has 6 heteroatoms. The van der Waals surface area contributed by atoms with Gasteiger partial charge in [-0.25, -0.2) is 8.42 Å². The summed E-state index contributed by atoms with van der Waals surface area (Å²) in [7, 11) is -3.56. The molecule has 2 N–H and O–H groups in total. The van der Waals surface area contributed by atoms with Crippen molar-refractivity contribution in [3.8, 4) is 0 Å². The molecule has 0 bridgehead atoms. The molecule has 1 aromatic carbocycles. The van der Waals surface area contributed by atoms with Crippen LogP contribution in [0.4, 0.5) is 0 Å². The van der Waals surface area contributed by atoms with Crippen molar-refractivity contribution < 1.29 is 8.42 Å². The molecule has 0 unspecified atom stereocenters. The lowest BCUT2D eigenvalue weighted by molar-refractivity contribution is 0.401. The van der Waals surface area contributed by atoms with Crippen LogP contribution in [0.25, 0.3) is 0 Å². The van der Waals surface area contributed by atoms with Crippen molar-refractivity contribution in [2.75, 3.05) is 13.1 Å². The van der Waals surface area contributed by atoms with E-state index in [1.54, 1.807) is 18.3 Å². The Balaban J connectivity index is 2.27. The lowest BCUT2D eigenvalue weighted by Crippen LogP contribution is -2.32. The summed E-state index contributed by atoms with van der Waals surface area (Å²) >= 11 is 0. The zero-order chi connectivity index (χ0) is 15.1. The molecule has 0 saturated heterocycles. The van der Waals surface area contributed by atoms with E-state index in [0.29, 0.717) is 26.1 Å². The number of rotatable bonds is 7. The van der Waals surface area contributed by atoms with Gasteiger partial charge in [-0.3, -0.25) is 4.98 Å². The Bertz CT molecular complexity index is 645. The monoisotopic (exact) mass is 305 g/mol. The summed E-state index contributed by atoms with van der Waals surface area (Å²) in [5.74, 6) is 0. The Morgan fingerprint density at radius 1 is 1.10 bits per heavy atom. The zero-order valence-electron chi connectivity index (χ0n) is 11.7. The second-order valence-electron chi connectivity index (χ2n) is 4.66. The largest absolute Gasteiger partial charge is 0.330 e. The van der Waals surface area contributed by atoms with Gasteiger partial charge in [-0.1, -0.05) is 30.3 Å². The van der Waals surface area contributed by atoms with Crippen LogP contribution >= 0.6 is 0 Å². The minimum Gasteiger partial charge on any atom is -0.330 e. The van der Waals surface area contributed by atoms with Crippen LogP contribution < -0.4 is 5.73 Å². The van der Waals surface area contributed by atoms with Crippen molar-refractivity contribution in [2.45, 2.75) is 17.9 Å². The van der Waals surface area contributed by atoms with Crippen molar-refractivity contribution in [1.82, 2.24) is 9.29 Å². The number of pyridine rings is 1. The summed E-state index contributed by atoms with van der Waals surface area (Å²) in [6.07, 6.45) is 3.54. The van der Waals surface area contributed by atoms with Gasteiger partial charge in [-0.2, -0.15) is 4.31 Å². The fourth-order valence-electron chi connectivity index (χ4n) is 1.99. The third-order valence-corrected chi connectivity index (χ3v) is 4.91. The molecule has 21 heavy (non-hydrogen) atoms. The molecule has 0 spiro atoms. The quantitative estimate of drug-likeness (QED) is 0.843. The number of nitrogens with zero attached hydrogens (tertiary/aromatic N) is 2. The molecule has 0 aliphatic carbocycles. The number of hydrogen-bond donors (Lipinski definition) is 1. The van der Waals surface area contributed by atoms with Gasteiger partial charge in [0.15, 0.2) is 0 Å². The average Bonchev–Trinajstić information content (AvgIpc) is 2.53. The van der Waals surface area contributed by atoms with Crippen LogP contribution in [0.3, 0.4) is 0 Å². The van der Waals surface area contributed by atoms with Gasteiger partial charge in [0.1, 0.15) is 4.90 Å². The molecule has 0 aliphatic rings. The van der Waals surface area contributed by atoms with Crippen LogP contribution in [-0.4, -0.2) is 30.8 Å². The highest BCUT2D eigenvalue weighted by atomic mass is 32.2. The molecule has 0 saturated carbocycles. The van der Waals surface area contributed by atoms with Gasteiger partial charge in [0, 0.05) is 25.5 Å². The number of hydrogen-bond acceptors (Lipinski definition) is 4. The summed E-state index contributed by atoms with van der Waals surface area (Å²) < 4.78 is 26.8. The molecule has 112 valence electrons. The van der Waals surface area contributed by atoms with E-state index in [2.05, 4.69) is 4.98 Å². The third-order valence-electron chi connectivity index (χ3n) is 3.09. The first-order valence-electron chi connectivity index (χ1n) is 6.79. The lowest BCUT2D eigenvalue weighted by atomic mass is 10.2. The van der Waals surface area contributed by atoms with E-state index < -0.39 is 10.0 Å². The molecule has 2 rings (SSSR count). The fraction of sp³-hybridized carbons (Fsp3) is 0.267. The molecule has 1 heterocycles. The second-order valence-corrected chi connectivity index (χ2v) is 6.59. The Labute approximate surface area is 125 Å². The van der Waals surface area contributed by atoms with Gasteiger partial charge in [-0.15, -0.1) is 0 Å². The molecule has 1 aromatic heterocycles. The average molecular weight is 305 g/mol. The Hall–Kier alpha value is -1.76. The van der Waals surface area contributed by atoms with Crippen molar-refractivity contribution in [3.05, 3.63) is 60.4 Å². The number of nitrogens with two attached hydrogens (primary N) is 1. The summed E-state index contributed by atoms with van der Waals surface area (Å²) in [6, 6.07) is 12.7. The minimum atomic E-state index is -3.56. The highest BCUT2D eigenvalue weighted by molar-refractivity contribution is 7.89. The maximum Gasteiger partial charge on any atom is 0.244 e. The van der Waals surface area contributed by atoms with E-state index in [-0.39, 0.29) is 4.90 Å². The Morgan fingerprint density at radius 2 is 1.86 bits per heavy atom. The normalized spacial score (nSPS) is 11.7. The number of benzene rings is 1. The van der Waals surface area contributed by atoms with E-state index in [9.17, 15) is 8.42 Å². The highest BCUT2D eigenvalue weighted by Gasteiger charge is 2.24. The molecule has 0 aliphatic heterocycles. The summed E-state index contributed by atoms with van der Waals surface area (Å²) in [6.45, 7) is 1.18. The Kier molecular flexibility index (Phi) is 5.44. The van der Waals surface area contributed by atoms with E-state index >= 15 is 0 Å². The predicted octanol–water partition coefficient (Wildman–Crippen LogP) is 1.62. The van der Waals surface area contributed by atoms with Gasteiger partial charge in [-0.05, 0) is 30.7 Å². The van der Waals surface area contributed by atoms with Gasteiger partial charge in [0.25, 0.3) is 0 Å². The third kappa shape index (κ3) is 4.10. The first kappa shape index (κ1) is 15.6. The summed E-state index contributed by atoms with van der Waals surface area (Å²) in [5, 5.41) is 0. The summed E-state index contributed by atoms with van der Waals surface area (Å²) in [4.78, 5) is 4.10. The smallest absolute Gasteiger partial charge is 0.244 e. The molecular formula is C15H19N3O2S.